The summed E-state index contributed by atoms with van der Waals surface area (Å²) >= 11 is 6.12. The zero-order valence-corrected chi connectivity index (χ0v) is 10.5. The summed E-state index contributed by atoms with van der Waals surface area (Å²) in [5.41, 5.74) is 2.23. The standard InChI is InChI=1S/C13H18ClNO/c1-9(13(2)5-6-13)15-12-7-10(8-16)3-4-11(12)14/h3-4,7,9,15-16H,5-6,8H2,1-2H3. The van der Waals surface area contributed by atoms with Gasteiger partial charge in [-0.1, -0.05) is 24.6 Å². The summed E-state index contributed by atoms with van der Waals surface area (Å²) in [6, 6.07) is 6.01. The van der Waals surface area contributed by atoms with Gasteiger partial charge in [0, 0.05) is 6.04 Å². The van der Waals surface area contributed by atoms with E-state index in [2.05, 4.69) is 19.2 Å². The molecule has 3 heteroatoms. The van der Waals surface area contributed by atoms with Crippen LogP contribution >= 0.6 is 11.6 Å². The molecule has 0 saturated heterocycles. The lowest BCUT2D eigenvalue weighted by atomic mass is 10.0. The third kappa shape index (κ3) is 2.33. The molecule has 16 heavy (non-hydrogen) atoms. The third-order valence-corrected chi connectivity index (χ3v) is 4.00. The van der Waals surface area contributed by atoms with Crippen LogP contribution in [-0.4, -0.2) is 11.1 Å². The Hall–Kier alpha value is -0.730. The summed E-state index contributed by atoms with van der Waals surface area (Å²) in [5, 5.41) is 13.2. The van der Waals surface area contributed by atoms with E-state index in [9.17, 15) is 0 Å². The van der Waals surface area contributed by atoms with Crippen molar-refractivity contribution in [3.05, 3.63) is 28.8 Å². The molecule has 1 aliphatic rings. The number of benzene rings is 1. The predicted octanol–water partition coefficient (Wildman–Crippen LogP) is 3.43. The predicted molar refractivity (Wildman–Crippen MR) is 67.8 cm³/mol. The van der Waals surface area contributed by atoms with E-state index < -0.39 is 0 Å². The highest BCUT2D eigenvalue weighted by Crippen LogP contribution is 2.49. The molecule has 0 amide bonds. The highest BCUT2D eigenvalue weighted by Gasteiger charge is 2.42. The van der Waals surface area contributed by atoms with Gasteiger partial charge in [-0.3, -0.25) is 0 Å². The smallest absolute Gasteiger partial charge is 0.0682 e. The van der Waals surface area contributed by atoms with E-state index >= 15 is 0 Å². The summed E-state index contributed by atoms with van der Waals surface area (Å²) in [7, 11) is 0. The molecule has 2 rings (SSSR count). The van der Waals surface area contributed by atoms with Gasteiger partial charge in [-0.05, 0) is 42.9 Å². The van der Waals surface area contributed by atoms with Gasteiger partial charge in [0.25, 0.3) is 0 Å². The lowest BCUT2D eigenvalue weighted by Crippen LogP contribution is -2.25. The van der Waals surface area contributed by atoms with Crippen molar-refractivity contribution in [3.8, 4) is 0 Å². The van der Waals surface area contributed by atoms with Crippen molar-refractivity contribution in [2.24, 2.45) is 5.41 Å². The highest BCUT2D eigenvalue weighted by atomic mass is 35.5. The Morgan fingerprint density at radius 2 is 2.19 bits per heavy atom. The lowest BCUT2D eigenvalue weighted by molar-refractivity contribution is 0.282. The van der Waals surface area contributed by atoms with Crippen molar-refractivity contribution in [1.29, 1.82) is 0 Å². The van der Waals surface area contributed by atoms with E-state index in [1.54, 1.807) is 0 Å². The van der Waals surface area contributed by atoms with E-state index in [0.29, 0.717) is 16.5 Å². The minimum atomic E-state index is 0.0531. The van der Waals surface area contributed by atoms with Crippen molar-refractivity contribution in [2.45, 2.75) is 39.3 Å². The Morgan fingerprint density at radius 3 is 2.75 bits per heavy atom. The normalized spacial score (nSPS) is 19.2. The van der Waals surface area contributed by atoms with Gasteiger partial charge in [0.05, 0.1) is 17.3 Å². The van der Waals surface area contributed by atoms with Crippen LogP contribution in [0.3, 0.4) is 0 Å². The quantitative estimate of drug-likeness (QED) is 0.844. The van der Waals surface area contributed by atoms with E-state index in [-0.39, 0.29) is 6.61 Å². The Morgan fingerprint density at radius 1 is 1.50 bits per heavy atom. The van der Waals surface area contributed by atoms with Crippen LogP contribution in [0, 0.1) is 5.41 Å². The molecule has 0 spiro atoms. The minimum Gasteiger partial charge on any atom is -0.392 e. The molecule has 1 unspecified atom stereocenters. The molecule has 1 atom stereocenters. The van der Waals surface area contributed by atoms with Crippen LogP contribution in [0.4, 0.5) is 5.69 Å². The molecule has 2 N–H and O–H groups in total. The molecule has 1 saturated carbocycles. The van der Waals surface area contributed by atoms with E-state index in [0.717, 1.165) is 11.3 Å². The molecule has 0 radical (unpaired) electrons. The molecule has 1 aromatic rings. The molecule has 0 bridgehead atoms. The van der Waals surface area contributed by atoms with Gasteiger partial charge < -0.3 is 10.4 Å². The van der Waals surface area contributed by atoms with Crippen LogP contribution in [0.2, 0.25) is 5.02 Å². The first kappa shape index (κ1) is 11.7. The molecule has 1 aliphatic carbocycles. The topological polar surface area (TPSA) is 32.3 Å². The summed E-state index contributed by atoms with van der Waals surface area (Å²) in [5.74, 6) is 0. The number of hydrogen-bond acceptors (Lipinski definition) is 2. The number of halogens is 1. The Labute approximate surface area is 102 Å². The van der Waals surface area contributed by atoms with Crippen LogP contribution < -0.4 is 5.32 Å². The maximum absolute atomic E-state index is 9.09. The van der Waals surface area contributed by atoms with Crippen molar-refractivity contribution in [2.75, 3.05) is 5.32 Å². The summed E-state index contributed by atoms with van der Waals surface area (Å²) in [6.07, 6.45) is 2.55. The van der Waals surface area contributed by atoms with Gasteiger partial charge in [-0.25, -0.2) is 0 Å². The number of anilines is 1. The monoisotopic (exact) mass is 239 g/mol. The molecule has 88 valence electrons. The number of nitrogens with one attached hydrogen (secondary N) is 1. The zero-order chi connectivity index (χ0) is 11.8. The third-order valence-electron chi connectivity index (χ3n) is 3.67. The number of aliphatic hydroxyl groups excluding tert-OH is 1. The molecular weight excluding hydrogens is 222 g/mol. The average Bonchev–Trinajstić information content (AvgIpc) is 3.01. The summed E-state index contributed by atoms with van der Waals surface area (Å²) in [6.45, 7) is 4.53. The van der Waals surface area contributed by atoms with E-state index in [4.69, 9.17) is 16.7 Å². The molecule has 1 fully saturated rings. The van der Waals surface area contributed by atoms with E-state index in [1.165, 1.54) is 12.8 Å². The summed E-state index contributed by atoms with van der Waals surface area (Å²) < 4.78 is 0. The summed E-state index contributed by atoms with van der Waals surface area (Å²) in [4.78, 5) is 0. The van der Waals surface area contributed by atoms with E-state index in [1.807, 2.05) is 18.2 Å². The fraction of sp³-hybridized carbons (Fsp3) is 0.538. The second-order valence-corrected chi connectivity index (χ2v) is 5.40. The molecule has 0 aliphatic heterocycles. The largest absolute Gasteiger partial charge is 0.392 e. The van der Waals surface area contributed by atoms with Gasteiger partial charge in [-0.15, -0.1) is 0 Å². The lowest BCUT2D eigenvalue weighted by Gasteiger charge is -2.22. The SMILES string of the molecule is CC(Nc1cc(CO)ccc1Cl)C1(C)CC1. The second-order valence-electron chi connectivity index (χ2n) is 4.99. The first-order valence-electron chi connectivity index (χ1n) is 5.71. The number of hydrogen-bond donors (Lipinski definition) is 2. The molecule has 1 aromatic carbocycles. The van der Waals surface area contributed by atoms with Gasteiger partial charge in [-0.2, -0.15) is 0 Å². The fourth-order valence-electron chi connectivity index (χ4n) is 1.82. The second kappa shape index (κ2) is 4.27. The van der Waals surface area contributed by atoms with Gasteiger partial charge in [0.1, 0.15) is 0 Å². The maximum Gasteiger partial charge on any atom is 0.0682 e. The highest BCUT2D eigenvalue weighted by molar-refractivity contribution is 6.33. The van der Waals surface area contributed by atoms with Crippen LogP contribution in [0.5, 0.6) is 0 Å². The molecule has 0 aromatic heterocycles. The zero-order valence-electron chi connectivity index (χ0n) is 9.76. The number of rotatable bonds is 4. The average molecular weight is 240 g/mol. The van der Waals surface area contributed by atoms with Gasteiger partial charge >= 0.3 is 0 Å². The van der Waals surface area contributed by atoms with Crippen LogP contribution in [0.15, 0.2) is 18.2 Å². The Bertz CT molecular complexity index is 388. The first-order valence-corrected chi connectivity index (χ1v) is 6.09. The minimum absolute atomic E-state index is 0.0531. The number of aliphatic hydroxyl groups is 1. The van der Waals surface area contributed by atoms with Crippen LogP contribution in [0.1, 0.15) is 32.3 Å². The molecule has 0 heterocycles. The van der Waals surface area contributed by atoms with Crippen molar-refractivity contribution >= 4 is 17.3 Å². The first-order chi connectivity index (χ1) is 7.55. The van der Waals surface area contributed by atoms with Gasteiger partial charge in [0.2, 0.25) is 0 Å². The maximum atomic E-state index is 9.09. The van der Waals surface area contributed by atoms with Gasteiger partial charge in [0.15, 0.2) is 0 Å². The van der Waals surface area contributed by atoms with Crippen molar-refractivity contribution < 1.29 is 5.11 Å². The molecule has 2 nitrogen and oxygen atoms in total. The van der Waals surface area contributed by atoms with Crippen molar-refractivity contribution in [1.82, 2.24) is 0 Å². The van der Waals surface area contributed by atoms with Crippen LogP contribution in [0.25, 0.3) is 0 Å². The van der Waals surface area contributed by atoms with Crippen molar-refractivity contribution in [3.63, 3.8) is 0 Å². The molecular formula is C13H18ClNO. The Kier molecular flexibility index (Phi) is 3.13. The Balaban J connectivity index is 2.13. The van der Waals surface area contributed by atoms with Crippen LogP contribution in [-0.2, 0) is 6.61 Å². The fourth-order valence-corrected chi connectivity index (χ4v) is 1.99.